The molecule has 424 valence electrons. The third kappa shape index (κ3) is 19.7. The van der Waals surface area contributed by atoms with E-state index in [4.69, 9.17) is 11.5 Å². The van der Waals surface area contributed by atoms with Crippen molar-refractivity contribution in [2.75, 3.05) is 26.4 Å². The lowest BCUT2D eigenvalue weighted by Gasteiger charge is -2.30. The predicted molar refractivity (Wildman–Crippen MR) is 276 cm³/mol. The summed E-state index contributed by atoms with van der Waals surface area (Å²) in [6, 6.07) is -1.45. The summed E-state index contributed by atoms with van der Waals surface area (Å²) in [6.45, 7) is 3.77. The van der Waals surface area contributed by atoms with Crippen LogP contribution in [0.15, 0.2) is 54.7 Å². The van der Waals surface area contributed by atoms with Crippen LogP contribution in [0.25, 0.3) is 10.9 Å². The molecular weight excluding hydrogens is 1010 g/mol. The third-order valence-electron chi connectivity index (χ3n) is 12.5. The van der Waals surface area contributed by atoms with Gasteiger partial charge >= 0.3 is 11.9 Å². The lowest BCUT2D eigenvalue weighted by atomic mass is 9.96. The van der Waals surface area contributed by atoms with Crippen LogP contribution in [0.4, 0.5) is 0 Å². The first-order valence-corrected chi connectivity index (χ1v) is 25.0. The topological polar surface area (TPSA) is 456 Å². The van der Waals surface area contributed by atoms with Gasteiger partial charge in [-0.15, -0.1) is 0 Å². The van der Waals surface area contributed by atoms with E-state index in [0.717, 1.165) is 10.9 Å². The Kier molecular flexibility index (Phi) is 25.9. The molecule has 0 aliphatic heterocycles. The molecule has 0 fully saturated rings. The lowest BCUT2D eigenvalue weighted by molar-refractivity contribution is -0.142. The first kappa shape index (κ1) is 63.6. The van der Waals surface area contributed by atoms with Crippen LogP contribution in [-0.4, -0.2) is 176 Å². The number of aromatic hydroxyl groups is 1. The van der Waals surface area contributed by atoms with Gasteiger partial charge in [0.2, 0.25) is 47.3 Å². The maximum Gasteiger partial charge on any atom is 0.326 e. The number of phenols is 1. The molecule has 1 heterocycles. The van der Waals surface area contributed by atoms with Crippen molar-refractivity contribution >= 4 is 70.1 Å². The van der Waals surface area contributed by atoms with Crippen LogP contribution in [0.5, 0.6) is 5.75 Å². The van der Waals surface area contributed by atoms with Crippen LogP contribution in [0, 0.1) is 11.8 Å². The normalized spacial score (nSPS) is 15.1. The van der Waals surface area contributed by atoms with Gasteiger partial charge in [-0.3, -0.25) is 43.2 Å². The summed E-state index contributed by atoms with van der Waals surface area (Å²) in [6.07, 6.45) is 1.03. The van der Waals surface area contributed by atoms with Gasteiger partial charge < -0.3 is 89.6 Å². The minimum Gasteiger partial charge on any atom is -0.508 e. The average molecular weight is 1080 g/mol. The minimum atomic E-state index is -1.89. The van der Waals surface area contributed by atoms with Crippen LogP contribution in [0.1, 0.15) is 70.9 Å². The molecule has 8 amide bonds. The van der Waals surface area contributed by atoms with Gasteiger partial charge in [-0.1, -0.05) is 64.4 Å². The second-order valence-corrected chi connectivity index (χ2v) is 18.8. The quantitative estimate of drug-likeness (QED) is 0.0260. The number of H-pyrrole nitrogens is 1. The molecule has 27 heteroatoms. The molecule has 0 aliphatic carbocycles. The van der Waals surface area contributed by atoms with Crippen LogP contribution in [-0.2, 0) is 60.8 Å². The first-order chi connectivity index (χ1) is 36.5. The Bertz CT molecular complexity index is 2510. The van der Waals surface area contributed by atoms with Crippen molar-refractivity contribution in [1.29, 1.82) is 0 Å². The number of carboxylic acid groups (broad SMARTS) is 2. The van der Waals surface area contributed by atoms with E-state index < -0.39 is 152 Å². The number of phenolic OH excluding ortho intramolecular Hbond substituents is 1. The van der Waals surface area contributed by atoms with Crippen molar-refractivity contribution in [2.45, 2.75) is 127 Å². The summed E-state index contributed by atoms with van der Waals surface area (Å²) < 4.78 is 0. The van der Waals surface area contributed by atoms with Crippen LogP contribution in [0.2, 0.25) is 0 Å². The van der Waals surface area contributed by atoms with Crippen LogP contribution < -0.4 is 54.0 Å². The Morgan fingerprint density at radius 2 is 1.08 bits per heavy atom. The molecule has 27 nitrogen and oxygen atoms in total. The molecule has 3 rings (SSSR count). The molecule has 0 unspecified atom stereocenters. The van der Waals surface area contributed by atoms with Gasteiger partial charge in [0, 0.05) is 29.9 Å². The van der Waals surface area contributed by atoms with E-state index in [1.807, 2.05) is 0 Å². The van der Waals surface area contributed by atoms with Crippen molar-refractivity contribution in [2.24, 2.45) is 23.3 Å². The number of fused-ring (bicyclic) bond motifs is 1. The van der Waals surface area contributed by atoms with Crippen molar-refractivity contribution in [3.8, 4) is 5.75 Å². The number of carbonyl (C=O) groups is 10. The Morgan fingerprint density at radius 3 is 1.64 bits per heavy atom. The fraction of sp³-hybridized carbons (Fsp3) is 0.520. The monoisotopic (exact) mass is 1080 g/mol. The highest BCUT2D eigenvalue weighted by atomic mass is 16.4. The zero-order valence-electron chi connectivity index (χ0n) is 43.2. The van der Waals surface area contributed by atoms with E-state index >= 15 is 0 Å². The van der Waals surface area contributed by atoms with Gasteiger partial charge in [0.15, 0.2) is 0 Å². The van der Waals surface area contributed by atoms with Gasteiger partial charge in [0.1, 0.15) is 60.1 Å². The Morgan fingerprint density at radius 1 is 0.571 bits per heavy atom. The van der Waals surface area contributed by atoms with Crippen molar-refractivity contribution < 1.29 is 78.6 Å². The summed E-state index contributed by atoms with van der Waals surface area (Å²) in [5.74, 6) is -12.7. The van der Waals surface area contributed by atoms with Crippen molar-refractivity contribution in [3.05, 3.63) is 65.9 Å². The van der Waals surface area contributed by atoms with Gasteiger partial charge in [-0.05, 0) is 67.0 Å². The predicted octanol–water partition coefficient (Wildman–Crippen LogP) is -3.77. The Hall–Kier alpha value is -7.72. The number of carboxylic acids is 2. The van der Waals surface area contributed by atoms with E-state index in [9.17, 15) is 78.6 Å². The molecule has 3 aromatic rings. The highest BCUT2D eigenvalue weighted by molar-refractivity contribution is 5.99. The van der Waals surface area contributed by atoms with Gasteiger partial charge in [0.05, 0.1) is 26.2 Å². The number of aromatic nitrogens is 1. The second-order valence-electron chi connectivity index (χ2n) is 18.8. The van der Waals surface area contributed by atoms with Crippen LogP contribution >= 0.6 is 0 Å². The fourth-order valence-electron chi connectivity index (χ4n) is 7.78. The molecule has 10 atom stereocenters. The van der Waals surface area contributed by atoms with E-state index in [2.05, 4.69) is 47.5 Å². The van der Waals surface area contributed by atoms with Crippen molar-refractivity contribution in [1.82, 2.24) is 47.5 Å². The summed E-state index contributed by atoms with van der Waals surface area (Å²) in [7, 11) is 0. The average Bonchev–Trinajstić information content (AvgIpc) is 3.81. The van der Waals surface area contributed by atoms with Gasteiger partial charge in [0.25, 0.3) is 0 Å². The Balaban J connectivity index is 1.87. The molecule has 0 saturated heterocycles. The fourth-order valence-corrected chi connectivity index (χ4v) is 7.78. The highest BCUT2D eigenvalue weighted by Gasteiger charge is 2.37. The van der Waals surface area contributed by atoms with E-state index in [0.29, 0.717) is 17.5 Å². The number of nitrogens with one attached hydrogen (secondary N) is 9. The van der Waals surface area contributed by atoms with Gasteiger partial charge in [-0.2, -0.15) is 0 Å². The molecule has 1 aromatic heterocycles. The van der Waals surface area contributed by atoms with E-state index in [-0.39, 0.29) is 44.4 Å². The summed E-state index contributed by atoms with van der Waals surface area (Å²) >= 11 is 0. The van der Waals surface area contributed by atoms with E-state index in [1.165, 1.54) is 24.3 Å². The minimum absolute atomic E-state index is 0.0389. The summed E-state index contributed by atoms with van der Waals surface area (Å²) in [5.41, 5.74) is 12.9. The maximum absolute atomic E-state index is 14.4. The molecule has 77 heavy (non-hydrogen) atoms. The number of aromatic amines is 1. The van der Waals surface area contributed by atoms with Crippen molar-refractivity contribution in [3.63, 3.8) is 0 Å². The number of aliphatic hydroxyl groups is 3. The first-order valence-electron chi connectivity index (χ1n) is 25.0. The zero-order chi connectivity index (χ0) is 57.5. The van der Waals surface area contributed by atoms with Crippen LogP contribution in [0.3, 0.4) is 0 Å². The molecule has 0 saturated carbocycles. The molecular formula is C50H73N11O16. The highest BCUT2D eigenvalue weighted by Crippen LogP contribution is 2.20. The maximum atomic E-state index is 14.4. The number of aliphatic hydroxyl groups excluding tert-OH is 3. The van der Waals surface area contributed by atoms with Gasteiger partial charge in [-0.25, -0.2) is 4.79 Å². The molecule has 19 N–H and O–H groups in total. The lowest BCUT2D eigenvalue weighted by Crippen LogP contribution is -2.62. The largest absolute Gasteiger partial charge is 0.508 e. The number of nitrogens with two attached hydrogens (primary N) is 2. The number of carbonyl (C=O) groups excluding carboxylic acids is 8. The number of hydrogen-bond acceptors (Lipinski definition) is 16. The SMILES string of the molecule is CC[C@H](C)[C@H](NC(=O)[C@H](CC(=O)O)NC(=O)[C@H](CO)NC(=O)[C@@H](N)CO)C(=O)N[C@@H](Cc1ccc(O)cc1)C(=O)N[C@H](C(=O)N[C@@H](CCCCN)C(=O)N[C@@H](CO)C(=O)N[C@@H](Cc1c[nH]c2ccccc12)C(=O)O)C(C)C. The molecule has 2 aromatic carbocycles. The number of amides is 8. The second kappa shape index (κ2) is 31.4. The zero-order valence-corrected chi connectivity index (χ0v) is 43.2. The number of para-hydroxylation sites is 1. The smallest absolute Gasteiger partial charge is 0.326 e. The Labute approximate surface area is 443 Å². The summed E-state index contributed by atoms with van der Waals surface area (Å²) in [5, 5.41) is 78.7. The third-order valence-corrected chi connectivity index (χ3v) is 12.5. The molecule has 0 bridgehead atoms. The number of benzene rings is 2. The summed E-state index contributed by atoms with van der Waals surface area (Å²) in [4.78, 5) is 136. The molecule has 0 radical (unpaired) electrons. The number of aliphatic carboxylic acids is 2. The van der Waals surface area contributed by atoms with E-state index in [1.54, 1.807) is 58.2 Å². The number of unbranched alkanes of at least 4 members (excludes halogenated alkanes) is 1. The molecule has 0 spiro atoms. The standard InChI is InChI=1S/C50H73N11O16/c1-5-26(4)41(61-45(71)35(20-39(66)67)55-46(72)37(23-63)58-42(68)31(52)22-62)49(75)56-34(18-27-13-15-29(65)16-14-27)44(70)60-40(25(2)3)48(74)54-33(12-8-9-17-51)43(69)59-38(24-64)47(73)57-36(50(76)77)19-28-21-53-32-11-7-6-10-30(28)32/h6-7,10-11,13-16,21,25-26,31,33-38,40-41,53,62-65H,5,8-9,12,17-20,22-24,51-52H2,1-4H3,(H,54,74)(H,55,72)(H,56,75)(H,57,73)(H,58,68)(H,59,69)(H,60,70)(H,61,71)(H,66,67)(H,76,77)/t26-,31-,33-,34-,35-,36-,37-,38-,40-,41-/m0/s1. The number of hydrogen-bond donors (Lipinski definition) is 17. The number of rotatable bonds is 33. The molecule has 0 aliphatic rings.